The van der Waals surface area contributed by atoms with Gasteiger partial charge < -0.3 is 0 Å². The van der Waals surface area contributed by atoms with E-state index in [1.54, 1.807) is 0 Å². The number of thiophene rings is 1. The minimum absolute atomic E-state index is 0.0300. The topological polar surface area (TPSA) is 12.9 Å². The van der Waals surface area contributed by atoms with Crippen LogP contribution in [0.15, 0.2) is 28.2 Å². The van der Waals surface area contributed by atoms with E-state index in [9.17, 15) is 0 Å². The van der Waals surface area contributed by atoms with E-state index in [-0.39, 0.29) is 23.7 Å². The summed E-state index contributed by atoms with van der Waals surface area (Å²) in [5.41, 5.74) is 0. The molecule has 2 heterocycles. The van der Waals surface area contributed by atoms with Gasteiger partial charge in [-0.3, -0.25) is 4.98 Å². The number of hydrogen-bond acceptors (Lipinski definition) is 2. The predicted octanol–water partition coefficient (Wildman–Crippen LogP) is 3.06. The van der Waals surface area contributed by atoms with Crippen LogP contribution in [0, 0.1) is 0 Å². The van der Waals surface area contributed by atoms with Gasteiger partial charge in [0.15, 0.2) is 0 Å². The molecule has 0 unspecified atom stereocenters. The van der Waals surface area contributed by atoms with Crippen molar-refractivity contribution in [2.75, 3.05) is 0 Å². The highest BCUT2D eigenvalue weighted by molar-refractivity contribution is 9.10. The standard InChI is InChI=1S/C7H4BrNS/c8-6-4-10-7-3-9-2-1-5(6)7/h1-4H/i1D,2D,3D,4D. The van der Waals surface area contributed by atoms with Crippen LogP contribution in [-0.2, 0) is 0 Å². The van der Waals surface area contributed by atoms with Gasteiger partial charge in [-0.05, 0) is 22.0 Å². The first-order valence-corrected chi connectivity index (χ1v) is 4.15. The molecule has 50 valence electrons. The lowest BCUT2D eigenvalue weighted by molar-refractivity contribution is 1.37. The molecule has 2 rings (SSSR count). The Morgan fingerprint density at radius 1 is 1.70 bits per heavy atom. The number of pyridine rings is 1. The van der Waals surface area contributed by atoms with Gasteiger partial charge in [-0.1, -0.05) is 0 Å². The van der Waals surface area contributed by atoms with Gasteiger partial charge in [0, 0.05) is 27.6 Å². The summed E-state index contributed by atoms with van der Waals surface area (Å²) < 4.78 is 30.9. The Morgan fingerprint density at radius 3 is 3.50 bits per heavy atom. The van der Waals surface area contributed by atoms with Crippen molar-refractivity contribution in [1.29, 1.82) is 0 Å². The van der Waals surface area contributed by atoms with E-state index in [2.05, 4.69) is 20.9 Å². The van der Waals surface area contributed by atoms with Crippen LogP contribution < -0.4 is 0 Å². The average molecular weight is 218 g/mol. The van der Waals surface area contributed by atoms with Gasteiger partial charge in [0.1, 0.15) is 0 Å². The number of fused-ring (bicyclic) bond motifs is 1. The smallest absolute Gasteiger partial charge is 0.0855 e. The Balaban J connectivity index is 3.03. The van der Waals surface area contributed by atoms with Crippen LogP contribution in [0.3, 0.4) is 0 Å². The highest BCUT2D eigenvalue weighted by atomic mass is 79.9. The van der Waals surface area contributed by atoms with Gasteiger partial charge in [0.25, 0.3) is 0 Å². The lowest BCUT2D eigenvalue weighted by Crippen LogP contribution is -1.66. The molecule has 2 aromatic heterocycles. The zero-order valence-corrected chi connectivity index (χ0v) is 7.14. The molecule has 0 saturated heterocycles. The summed E-state index contributed by atoms with van der Waals surface area (Å²) in [6, 6.07) is -0.0300. The maximum Gasteiger partial charge on any atom is 0.0855 e. The highest BCUT2D eigenvalue weighted by Crippen LogP contribution is 2.28. The molecule has 3 heteroatoms. The van der Waals surface area contributed by atoms with E-state index < -0.39 is 0 Å². The molecule has 0 atom stereocenters. The van der Waals surface area contributed by atoms with Gasteiger partial charge in [0.2, 0.25) is 0 Å². The van der Waals surface area contributed by atoms with Gasteiger partial charge in [-0.25, -0.2) is 0 Å². The molecule has 0 aliphatic carbocycles. The SMILES string of the molecule is [2H]c1nc([2H])c2sc([2H])c(Br)c2c1[2H]. The summed E-state index contributed by atoms with van der Waals surface area (Å²) >= 11 is 4.27. The van der Waals surface area contributed by atoms with Crippen LogP contribution in [0.1, 0.15) is 5.48 Å². The minimum atomic E-state index is -0.221. The summed E-state index contributed by atoms with van der Waals surface area (Å²) in [5, 5.41) is 0.708. The molecule has 0 aromatic carbocycles. The van der Waals surface area contributed by atoms with Crippen LogP contribution in [-0.4, -0.2) is 4.98 Å². The zero-order valence-electron chi connectivity index (χ0n) is 8.73. The molecule has 0 spiro atoms. The first-order chi connectivity index (χ1) is 6.52. The van der Waals surface area contributed by atoms with Crippen molar-refractivity contribution in [2.24, 2.45) is 0 Å². The van der Waals surface area contributed by atoms with Crippen molar-refractivity contribution < 1.29 is 5.48 Å². The summed E-state index contributed by atoms with van der Waals surface area (Å²) in [4.78, 5) is 3.61. The lowest BCUT2D eigenvalue weighted by Gasteiger charge is -1.85. The van der Waals surface area contributed by atoms with E-state index in [1.807, 2.05) is 0 Å². The first kappa shape index (κ1) is 3.32. The molecule has 0 fully saturated rings. The normalized spacial score (nSPS) is 16.1. The number of rotatable bonds is 0. The maximum atomic E-state index is 7.60. The second-order valence-corrected chi connectivity index (χ2v) is 3.29. The minimum Gasteiger partial charge on any atom is -0.263 e. The number of aromatic nitrogens is 1. The molecule has 1 nitrogen and oxygen atoms in total. The summed E-state index contributed by atoms with van der Waals surface area (Å²) in [6.07, 6.45) is -0.258. The molecule has 0 bridgehead atoms. The van der Waals surface area contributed by atoms with Crippen LogP contribution >= 0.6 is 27.3 Å². The van der Waals surface area contributed by atoms with E-state index in [4.69, 9.17) is 5.48 Å². The molecule has 0 N–H and O–H groups in total. The Labute approximate surface area is 76.5 Å². The van der Waals surface area contributed by atoms with Crippen LogP contribution in [0.4, 0.5) is 0 Å². The van der Waals surface area contributed by atoms with Crippen LogP contribution in [0.25, 0.3) is 10.1 Å². The Kier molecular flexibility index (Phi) is 0.773. The van der Waals surface area contributed by atoms with Gasteiger partial charge in [0.05, 0.1) is 10.2 Å². The van der Waals surface area contributed by atoms with Crippen molar-refractivity contribution in [1.82, 2.24) is 4.98 Å². The first-order valence-electron chi connectivity index (χ1n) is 4.54. The Hall–Kier alpha value is -0.410. The quantitative estimate of drug-likeness (QED) is 0.662. The Morgan fingerprint density at radius 2 is 2.60 bits per heavy atom. The predicted molar refractivity (Wildman–Crippen MR) is 47.3 cm³/mol. The summed E-state index contributed by atoms with van der Waals surface area (Å²) in [5.74, 6) is 0. The number of halogens is 1. The largest absolute Gasteiger partial charge is 0.263 e. The van der Waals surface area contributed by atoms with Crippen molar-refractivity contribution in [2.45, 2.75) is 0 Å². The molecule has 2 aromatic rings. The van der Waals surface area contributed by atoms with E-state index in [0.717, 1.165) is 11.3 Å². The summed E-state index contributed by atoms with van der Waals surface area (Å²) in [7, 11) is 0. The second kappa shape index (κ2) is 2.32. The third-order valence-electron chi connectivity index (χ3n) is 1.08. The molecule has 10 heavy (non-hydrogen) atoms. The monoisotopic (exact) mass is 217 g/mol. The summed E-state index contributed by atoms with van der Waals surface area (Å²) in [6.45, 7) is 0. The molecule has 0 saturated carbocycles. The zero-order chi connectivity index (χ0) is 10.5. The molecule has 0 aliphatic heterocycles. The maximum absolute atomic E-state index is 7.60. The fraction of sp³-hybridized carbons (Fsp3) is 0. The van der Waals surface area contributed by atoms with Crippen LogP contribution in [0.5, 0.6) is 0 Å². The van der Waals surface area contributed by atoms with Gasteiger partial charge >= 0.3 is 0 Å². The highest BCUT2D eigenvalue weighted by Gasteiger charge is 1.97. The fourth-order valence-electron chi connectivity index (χ4n) is 0.651. The fourth-order valence-corrected chi connectivity index (χ4v) is 1.96. The lowest BCUT2D eigenvalue weighted by atomic mass is 10.3. The van der Waals surface area contributed by atoms with E-state index in [1.165, 1.54) is 0 Å². The van der Waals surface area contributed by atoms with Gasteiger partial charge in [-0.15, -0.1) is 11.3 Å². The average Bonchev–Trinajstić information content (AvgIpc) is 2.41. The molecular formula is C7H4BrNS. The third kappa shape index (κ3) is 0.859. The molecular weight excluding hydrogens is 210 g/mol. The Bertz CT molecular complexity index is 524. The van der Waals surface area contributed by atoms with Gasteiger partial charge in [-0.2, -0.15) is 0 Å². The molecule has 0 radical (unpaired) electrons. The number of nitrogens with zero attached hydrogens (tertiary/aromatic N) is 1. The van der Waals surface area contributed by atoms with Crippen LogP contribution in [0.2, 0.25) is 0 Å². The van der Waals surface area contributed by atoms with E-state index in [0.29, 0.717) is 14.6 Å². The van der Waals surface area contributed by atoms with Crippen molar-refractivity contribution in [3.63, 3.8) is 0 Å². The molecule has 0 amide bonds. The number of hydrogen-bond donors (Lipinski definition) is 0. The van der Waals surface area contributed by atoms with Crippen molar-refractivity contribution in [3.05, 3.63) is 28.2 Å². The third-order valence-corrected chi connectivity index (χ3v) is 2.75. The second-order valence-electron chi connectivity index (χ2n) is 1.68. The van der Waals surface area contributed by atoms with E-state index >= 15 is 0 Å². The molecule has 0 aliphatic rings. The van der Waals surface area contributed by atoms with Crippen molar-refractivity contribution >= 4 is 37.4 Å². The van der Waals surface area contributed by atoms with Crippen molar-refractivity contribution in [3.8, 4) is 0 Å².